The zero-order valence-corrected chi connectivity index (χ0v) is 20.9. The number of aliphatic hydroxyl groups is 1. The van der Waals surface area contributed by atoms with Crippen LogP contribution in [0.4, 0.5) is 13.2 Å². The van der Waals surface area contributed by atoms with Crippen LogP contribution in [0.3, 0.4) is 0 Å². The Morgan fingerprint density at radius 1 is 1.29 bits per heavy atom. The minimum absolute atomic E-state index is 0.0228. The van der Waals surface area contributed by atoms with E-state index in [9.17, 15) is 28.3 Å². The molecule has 1 saturated heterocycles. The average molecular weight is 533 g/mol. The normalized spacial score (nSPS) is 15.8. The number of nitriles is 1. The fourth-order valence-electron chi connectivity index (χ4n) is 4.54. The summed E-state index contributed by atoms with van der Waals surface area (Å²) in [5, 5.41) is 27.0. The molecule has 0 amide bonds. The van der Waals surface area contributed by atoms with Crippen LogP contribution in [0, 0.1) is 17.2 Å². The molecule has 1 unspecified atom stereocenters. The summed E-state index contributed by atoms with van der Waals surface area (Å²) in [6, 6.07) is 7.19. The van der Waals surface area contributed by atoms with Gasteiger partial charge in [0.25, 0.3) is 0 Å². The average Bonchev–Trinajstić information content (AvgIpc) is 3.28. The molecule has 10 nitrogen and oxygen atoms in total. The molecule has 3 heterocycles. The number of hydrogen-bond acceptors (Lipinski definition) is 9. The Balaban J connectivity index is 1.42. The number of likely N-dealkylation sites (tertiary alicyclic amines) is 1. The van der Waals surface area contributed by atoms with E-state index < -0.39 is 23.8 Å². The summed E-state index contributed by atoms with van der Waals surface area (Å²) >= 11 is 0. The van der Waals surface area contributed by atoms with Crippen molar-refractivity contribution in [1.82, 2.24) is 24.9 Å². The Labute approximate surface area is 216 Å². The molecule has 0 aliphatic carbocycles. The highest BCUT2D eigenvalue weighted by atomic mass is 19.4. The lowest BCUT2D eigenvalue weighted by molar-refractivity contribution is -0.151. The number of β-amino-alcohol motifs (C(OH)–C–C–N with tert-alkyl or cyclic N) is 1. The van der Waals surface area contributed by atoms with Gasteiger partial charge in [0.05, 0.1) is 30.5 Å². The largest absolute Gasteiger partial charge is 0.493 e. The standard InChI is InChI=1S/C25H27F3N6O4/c1-33-20-12-18(30-19(13-29)23(20)31-32-33)16-3-4-22(17(11-16)25(26,27)28)38-10-7-15-5-8-34(9-6-15)14-21(35)24(36)37-2/h3-4,11-12,15,21,35H,5-10,14H2,1-2H3. The fourth-order valence-corrected chi connectivity index (χ4v) is 4.54. The molecular weight excluding hydrogens is 505 g/mol. The molecule has 2 aromatic heterocycles. The monoisotopic (exact) mass is 532 g/mol. The number of benzene rings is 1. The molecule has 1 N–H and O–H groups in total. The van der Waals surface area contributed by atoms with E-state index in [1.165, 1.54) is 23.9 Å². The molecule has 3 aromatic rings. The SMILES string of the molecule is COC(=O)C(O)CN1CCC(CCOc2ccc(-c3cc4c(nnn4C)c(C#N)n3)cc2C(F)(F)F)CC1. The predicted octanol–water partition coefficient (Wildman–Crippen LogP) is 2.94. The van der Waals surface area contributed by atoms with E-state index >= 15 is 0 Å². The number of alkyl halides is 3. The molecule has 1 aromatic carbocycles. The molecule has 202 valence electrons. The molecule has 0 radical (unpaired) electrons. The summed E-state index contributed by atoms with van der Waals surface area (Å²) in [6.07, 6.45) is -3.73. The summed E-state index contributed by atoms with van der Waals surface area (Å²) < 4.78 is 53.3. The summed E-state index contributed by atoms with van der Waals surface area (Å²) in [5.74, 6) is -0.700. The van der Waals surface area contributed by atoms with E-state index in [0.29, 0.717) is 25.0 Å². The fraction of sp³-hybridized carbons (Fsp3) is 0.480. The van der Waals surface area contributed by atoms with Crippen LogP contribution in [0.2, 0.25) is 0 Å². The van der Waals surface area contributed by atoms with Gasteiger partial charge in [0.15, 0.2) is 11.8 Å². The van der Waals surface area contributed by atoms with Gasteiger partial charge in [-0.05, 0) is 62.5 Å². The maximum Gasteiger partial charge on any atom is 0.419 e. The van der Waals surface area contributed by atoms with Gasteiger partial charge in [-0.3, -0.25) is 0 Å². The molecule has 0 spiro atoms. The van der Waals surface area contributed by atoms with Gasteiger partial charge in [0, 0.05) is 19.2 Å². The highest BCUT2D eigenvalue weighted by Gasteiger charge is 2.35. The molecule has 1 aliphatic rings. The molecule has 4 rings (SSSR count). The Bertz CT molecular complexity index is 1350. The molecule has 1 fully saturated rings. The Kier molecular flexibility index (Phi) is 8.13. The number of carbonyl (C=O) groups is 1. The minimum atomic E-state index is -4.66. The van der Waals surface area contributed by atoms with Gasteiger partial charge in [-0.1, -0.05) is 5.21 Å². The van der Waals surface area contributed by atoms with Crippen LogP contribution in [0.1, 0.15) is 30.5 Å². The molecule has 38 heavy (non-hydrogen) atoms. The maximum atomic E-state index is 13.9. The van der Waals surface area contributed by atoms with Crippen molar-refractivity contribution in [3.05, 3.63) is 35.5 Å². The van der Waals surface area contributed by atoms with Crippen molar-refractivity contribution in [3.8, 4) is 23.1 Å². The number of methoxy groups -OCH3 is 1. The second-order valence-corrected chi connectivity index (χ2v) is 9.18. The van der Waals surface area contributed by atoms with E-state index in [1.54, 1.807) is 13.1 Å². The number of halogens is 3. The van der Waals surface area contributed by atoms with E-state index in [4.69, 9.17) is 4.74 Å². The van der Waals surface area contributed by atoms with Crippen molar-refractivity contribution < 1.29 is 32.5 Å². The lowest BCUT2D eigenvalue weighted by Gasteiger charge is -2.32. The van der Waals surface area contributed by atoms with Gasteiger partial charge in [-0.15, -0.1) is 5.10 Å². The van der Waals surface area contributed by atoms with Crippen LogP contribution in [0.25, 0.3) is 22.3 Å². The number of piperidine rings is 1. The molecule has 0 saturated carbocycles. The van der Waals surface area contributed by atoms with Crippen LogP contribution < -0.4 is 4.74 Å². The number of nitrogens with zero attached hydrogens (tertiary/aromatic N) is 6. The first-order chi connectivity index (χ1) is 18.1. The number of aryl methyl sites for hydroxylation is 1. The highest BCUT2D eigenvalue weighted by molar-refractivity contribution is 5.83. The molecular formula is C25H27F3N6O4. The van der Waals surface area contributed by atoms with Crippen LogP contribution >= 0.6 is 0 Å². The molecule has 13 heteroatoms. The summed E-state index contributed by atoms with van der Waals surface area (Å²) in [7, 11) is 2.84. The van der Waals surface area contributed by atoms with Crippen molar-refractivity contribution in [1.29, 1.82) is 5.26 Å². The third-order valence-electron chi connectivity index (χ3n) is 6.68. The van der Waals surface area contributed by atoms with Gasteiger partial charge in [-0.25, -0.2) is 14.5 Å². The number of fused-ring (bicyclic) bond motifs is 1. The zero-order chi connectivity index (χ0) is 27.4. The van der Waals surface area contributed by atoms with Crippen LogP contribution in [-0.4, -0.2) is 75.4 Å². The highest BCUT2D eigenvalue weighted by Crippen LogP contribution is 2.39. The second-order valence-electron chi connectivity index (χ2n) is 9.18. The number of aromatic nitrogens is 4. The van der Waals surface area contributed by atoms with Crippen molar-refractivity contribution in [2.45, 2.75) is 31.5 Å². The third kappa shape index (κ3) is 6.03. The van der Waals surface area contributed by atoms with E-state index in [-0.39, 0.29) is 47.3 Å². The number of hydrogen-bond donors (Lipinski definition) is 1. The summed E-state index contributed by atoms with van der Waals surface area (Å²) in [4.78, 5) is 17.5. The first-order valence-electron chi connectivity index (χ1n) is 12.0. The van der Waals surface area contributed by atoms with E-state index in [1.807, 2.05) is 11.0 Å². The van der Waals surface area contributed by atoms with Crippen molar-refractivity contribution in [2.24, 2.45) is 13.0 Å². The smallest absolute Gasteiger partial charge is 0.419 e. The van der Waals surface area contributed by atoms with Gasteiger partial charge < -0.3 is 19.5 Å². The Morgan fingerprint density at radius 3 is 2.68 bits per heavy atom. The minimum Gasteiger partial charge on any atom is -0.493 e. The van der Waals surface area contributed by atoms with E-state index in [2.05, 4.69) is 20.0 Å². The van der Waals surface area contributed by atoms with Gasteiger partial charge >= 0.3 is 12.1 Å². The zero-order valence-electron chi connectivity index (χ0n) is 20.9. The van der Waals surface area contributed by atoms with Crippen molar-refractivity contribution in [3.63, 3.8) is 0 Å². The quantitative estimate of drug-likeness (QED) is 0.436. The van der Waals surface area contributed by atoms with Crippen molar-refractivity contribution in [2.75, 3.05) is 33.4 Å². The van der Waals surface area contributed by atoms with Crippen LogP contribution in [0.15, 0.2) is 24.3 Å². The van der Waals surface area contributed by atoms with Gasteiger partial charge in [-0.2, -0.15) is 18.4 Å². The van der Waals surface area contributed by atoms with E-state index in [0.717, 1.165) is 18.9 Å². The molecule has 1 atom stereocenters. The maximum absolute atomic E-state index is 13.9. The number of esters is 1. The number of aliphatic hydroxyl groups excluding tert-OH is 1. The molecule has 0 bridgehead atoms. The van der Waals surface area contributed by atoms with Gasteiger partial charge in [0.1, 0.15) is 17.3 Å². The lowest BCUT2D eigenvalue weighted by Crippen LogP contribution is -2.42. The first-order valence-corrected chi connectivity index (χ1v) is 12.0. The second kappa shape index (κ2) is 11.3. The van der Waals surface area contributed by atoms with Crippen LogP contribution in [0.5, 0.6) is 5.75 Å². The van der Waals surface area contributed by atoms with Gasteiger partial charge in [0.2, 0.25) is 0 Å². The Morgan fingerprint density at radius 2 is 2.03 bits per heavy atom. The summed E-state index contributed by atoms with van der Waals surface area (Å²) in [5.41, 5.74) is 0.188. The third-order valence-corrected chi connectivity index (χ3v) is 6.68. The Hall–Kier alpha value is -3.76. The number of rotatable bonds is 8. The topological polar surface area (TPSA) is 126 Å². The number of pyridine rings is 1. The lowest BCUT2D eigenvalue weighted by atomic mass is 9.94. The summed E-state index contributed by atoms with van der Waals surface area (Å²) in [6.45, 7) is 1.62. The van der Waals surface area contributed by atoms with Crippen LogP contribution in [-0.2, 0) is 22.8 Å². The molecule has 1 aliphatic heterocycles. The predicted molar refractivity (Wildman–Crippen MR) is 129 cm³/mol. The van der Waals surface area contributed by atoms with Crippen molar-refractivity contribution >= 4 is 17.0 Å². The first kappa shape index (κ1) is 27.3. The number of ether oxygens (including phenoxy) is 2. The number of carbonyl (C=O) groups excluding carboxylic acids is 1.